The van der Waals surface area contributed by atoms with Gasteiger partial charge in [0.25, 0.3) is 5.91 Å². The van der Waals surface area contributed by atoms with Gasteiger partial charge >= 0.3 is 0 Å². The van der Waals surface area contributed by atoms with Gasteiger partial charge in [0.1, 0.15) is 6.10 Å². The standard InChI is InChI=1S/C15H19ClN2O4S/c16-12-3-1-4-13(11-12)23(20,21)18-8-6-17(7-9-18)15(19)14-5-2-10-22-14/h1,3-4,11,14H,2,5-10H2/t14-/m0/s1. The van der Waals surface area contributed by atoms with Gasteiger partial charge < -0.3 is 9.64 Å². The Bertz CT molecular complexity index is 680. The zero-order valence-corrected chi connectivity index (χ0v) is 14.2. The molecule has 0 bridgehead atoms. The third-order valence-corrected chi connectivity index (χ3v) is 6.32. The van der Waals surface area contributed by atoms with Crippen LogP contribution in [0.25, 0.3) is 0 Å². The molecule has 2 fully saturated rings. The van der Waals surface area contributed by atoms with E-state index in [4.69, 9.17) is 16.3 Å². The lowest BCUT2D eigenvalue weighted by molar-refractivity contribution is -0.142. The molecule has 8 heteroatoms. The van der Waals surface area contributed by atoms with E-state index in [9.17, 15) is 13.2 Å². The molecule has 0 unspecified atom stereocenters. The fraction of sp³-hybridized carbons (Fsp3) is 0.533. The van der Waals surface area contributed by atoms with E-state index < -0.39 is 10.0 Å². The van der Waals surface area contributed by atoms with Crippen molar-refractivity contribution in [1.82, 2.24) is 9.21 Å². The summed E-state index contributed by atoms with van der Waals surface area (Å²) in [5, 5.41) is 0.387. The first-order valence-corrected chi connectivity index (χ1v) is 9.46. The van der Waals surface area contributed by atoms with Gasteiger partial charge in [-0.3, -0.25) is 4.79 Å². The maximum absolute atomic E-state index is 12.6. The van der Waals surface area contributed by atoms with Crippen molar-refractivity contribution in [3.8, 4) is 0 Å². The number of halogens is 1. The van der Waals surface area contributed by atoms with Crippen LogP contribution in [0.1, 0.15) is 12.8 Å². The van der Waals surface area contributed by atoms with Gasteiger partial charge in [-0.15, -0.1) is 0 Å². The Morgan fingerprint density at radius 3 is 2.57 bits per heavy atom. The lowest BCUT2D eigenvalue weighted by Gasteiger charge is -2.35. The molecule has 0 aromatic heterocycles. The van der Waals surface area contributed by atoms with Gasteiger partial charge in [0.2, 0.25) is 10.0 Å². The maximum atomic E-state index is 12.6. The summed E-state index contributed by atoms with van der Waals surface area (Å²) in [5.74, 6) is -0.0256. The molecule has 2 aliphatic rings. The van der Waals surface area contributed by atoms with E-state index in [0.29, 0.717) is 24.7 Å². The Morgan fingerprint density at radius 2 is 1.96 bits per heavy atom. The largest absolute Gasteiger partial charge is 0.368 e. The Kier molecular flexibility index (Phi) is 4.91. The first kappa shape index (κ1) is 16.7. The van der Waals surface area contributed by atoms with E-state index in [1.165, 1.54) is 16.4 Å². The van der Waals surface area contributed by atoms with Gasteiger partial charge in [-0.25, -0.2) is 8.42 Å². The SMILES string of the molecule is O=C([C@@H]1CCCO1)N1CCN(S(=O)(=O)c2cccc(Cl)c2)CC1. The highest BCUT2D eigenvalue weighted by Crippen LogP contribution is 2.22. The van der Waals surface area contributed by atoms with Crippen LogP contribution in [0.2, 0.25) is 5.02 Å². The fourth-order valence-electron chi connectivity index (χ4n) is 2.90. The normalized spacial score (nSPS) is 23.2. The summed E-state index contributed by atoms with van der Waals surface area (Å²) < 4.78 is 32.0. The van der Waals surface area contributed by atoms with Crippen molar-refractivity contribution in [3.63, 3.8) is 0 Å². The summed E-state index contributed by atoms with van der Waals surface area (Å²) in [6, 6.07) is 6.23. The number of nitrogens with zero attached hydrogens (tertiary/aromatic N) is 2. The predicted octanol–water partition coefficient (Wildman–Crippen LogP) is 1.35. The average molecular weight is 359 g/mol. The Labute approximate surface area is 141 Å². The van der Waals surface area contributed by atoms with Gasteiger partial charge in [-0.05, 0) is 31.0 Å². The van der Waals surface area contributed by atoms with E-state index in [2.05, 4.69) is 0 Å². The topological polar surface area (TPSA) is 66.9 Å². The third-order valence-electron chi connectivity index (χ3n) is 4.19. The molecule has 1 atom stereocenters. The number of hydrogen-bond donors (Lipinski definition) is 0. The molecule has 2 heterocycles. The van der Waals surface area contributed by atoms with Crippen LogP contribution < -0.4 is 0 Å². The minimum atomic E-state index is -3.57. The van der Waals surface area contributed by atoms with Crippen molar-refractivity contribution >= 4 is 27.5 Å². The second-order valence-electron chi connectivity index (χ2n) is 5.69. The number of amides is 1. The van der Waals surface area contributed by atoms with Crippen LogP contribution >= 0.6 is 11.6 Å². The zero-order chi connectivity index (χ0) is 16.4. The summed E-state index contributed by atoms with van der Waals surface area (Å²) in [5.41, 5.74) is 0. The molecule has 0 aliphatic carbocycles. The molecule has 1 aromatic carbocycles. The van der Waals surface area contributed by atoms with E-state index in [1.807, 2.05) is 0 Å². The molecule has 0 spiro atoms. The Hall–Kier alpha value is -1.15. The lowest BCUT2D eigenvalue weighted by atomic mass is 10.2. The fourth-order valence-corrected chi connectivity index (χ4v) is 4.62. The zero-order valence-electron chi connectivity index (χ0n) is 12.7. The van der Waals surface area contributed by atoms with Crippen molar-refractivity contribution < 1.29 is 17.9 Å². The number of hydrogen-bond acceptors (Lipinski definition) is 4. The van der Waals surface area contributed by atoms with Crippen LogP contribution in [0.5, 0.6) is 0 Å². The number of carbonyl (C=O) groups is 1. The quantitative estimate of drug-likeness (QED) is 0.818. The second kappa shape index (κ2) is 6.76. The number of piperazine rings is 1. The smallest absolute Gasteiger partial charge is 0.251 e. The Morgan fingerprint density at radius 1 is 1.22 bits per heavy atom. The van der Waals surface area contributed by atoms with Crippen LogP contribution in [-0.2, 0) is 19.6 Å². The number of benzene rings is 1. The van der Waals surface area contributed by atoms with Crippen LogP contribution in [0, 0.1) is 0 Å². The van der Waals surface area contributed by atoms with Gasteiger partial charge in [-0.2, -0.15) is 4.31 Å². The molecule has 1 amide bonds. The van der Waals surface area contributed by atoms with Gasteiger partial charge in [0, 0.05) is 37.8 Å². The van der Waals surface area contributed by atoms with E-state index in [1.54, 1.807) is 17.0 Å². The van der Waals surface area contributed by atoms with Gasteiger partial charge in [-0.1, -0.05) is 17.7 Å². The molecule has 3 rings (SSSR count). The van der Waals surface area contributed by atoms with Crippen LogP contribution in [0.3, 0.4) is 0 Å². The van der Waals surface area contributed by atoms with Crippen LogP contribution in [-0.4, -0.2) is 62.4 Å². The molecular formula is C15H19ClN2O4S. The summed E-state index contributed by atoms with van der Waals surface area (Å²) in [6.07, 6.45) is 1.30. The highest BCUT2D eigenvalue weighted by Gasteiger charge is 2.33. The number of ether oxygens (including phenoxy) is 1. The van der Waals surface area contributed by atoms with Crippen molar-refractivity contribution in [2.75, 3.05) is 32.8 Å². The molecular weight excluding hydrogens is 340 g/mol. The minimum absolute atomic E-state index is 0.0256. The second-order valence-corrected chi connectivity index (χ2v) is 8.06. The monoisotopic (exact) mass is 358 g/mol. The summed E-state index contributed by atoms with van der Waals surface area (Å²) in [7, 11) is -3.57. The average Bonchev–Trinajstić information content (AvgIpc) is 3.09. The summed E-state index contributed by atoms with van der Waals surface area (Å²) in [6.45, 7) is 1.97. The van der Waals surface area contributed by atoms with E-state index >= 15 is 0 Å². The van der Waals surface area contributed by atoms with Crippen molar-refractivity contribution in [2.24, 2.45) is 0 Å². The van der Waals surface area contributed by atoms with E-state index in [0.717, 1.165) is 12.8 Å². The number of rotatable bonds is 3. The lowest BCUT2D eigenvalue weighted by Crippen LogP contribution is -2.52. The number of sulfonamides is 1. The first-order valence-electron chi connectivity index (χ1n) is 7.64. The Balaban J connectivity index is 1.65. The highest BCUT2D eigenvalue weighted by atomic mass is 35.5. The first-order chi connectivity index (χ1) is 11.0. The molecule has 6 nitrogen and oxygen atoms in total. The summed E-state index contributed by atoms with van der Waals surface area (Å²) >= 11 is 5.88. The highest BCUT2D eigenvalue weighted by molar-refractivity contribution is 7.89. The van der Waals surface area contributed by atoms with E-state index in [-0.39, 0.29) is 30.0 Å². The predicted molar refractivity (Wildman–Crippen MR) is 85.8 cm³/mol. The molecule has 0 radical (unpaired) electrons. The molecule has 0 saturated carbocycles. The maximum Gasteiger partial charge on any atom is 0.251 e. The van der Waals surface area contributed by atoms with Crippen LogP contribution in [0.4, 0.5) is 0 Å². The van der Waals surface area contributed by atoms with Crippen LogP contribution in [0.15, 0.2) is 29.2 Å². The third kappa shape index (κ3) is 3.52. The summed E-state index contributed by atoms with van der Waals surface area (Å²) in [4.78, 5) is 14.2. The van der Waals surface area contributed by atoms with Crippen molar-refractivity contribution in [3.05, 3.63) is 29.3 Å². The molecule has 2 aliphatic heterocycles. The molecule has 23 heavy (non-hydrogen) atoms. The van der Waals surface area contributed by atoms with Gasteiger partial charge in [0.15, 0.2) is 0 Å². The molecule has 0 N–H and O–H groups in total. The minimum Gasteiger partial charge on any atom is -0.368 e. The number of carbonyl (C=O) groups excluding carboxylic acids is 1. The molecule has 2 saturated heterocycles. The molecule has 1 aromatic rings. The van der Waals surface area contributed by atoms with Crippen molar-refractivity contribution in [2.45, 2.75) is 23.8 Å². The van der Waals surface area contributed by atoms with Gasteiger partial charge in [0.05, 0.1) is 4.90 Å². The van der Waals surface area contributed by atoms with Crippen molar-refractivity contribution in [1.29, 1.82) is 0 Å². The molecule has 126 valence electrons.